The third-order valence-electron chi connectivity index (χ3n) is 3.20. The fourth-order valence-electron chi connectivity index (χ4n) is 2.24. The molecule has 3 rings (SSSR count). The molecule has 0 bridgehead atoms. The second-order valence-corrected chi connectivity index (χ2v) is 5.77. The number of nitrogens with two attached hydrogens (primary N) is 1. The minimum Gasteiger partial charge on any atom is -0.496 e. The Balaban J connectivity index is 2.02. The molecule has 0 aliphatic carbocycles. The van der Waals surface area contributed by atoms with Crippen molar-refractivity contribution in [2.45, 2.75) is 6.42 Å². The molecule has 0 amide bonds. The zero-order chi connectivity index (χ0) is 15.0. The van der Waals surface area contributed by atoms with E-state index in [2.05, 4.69) is 30.9 Å². The van der Waals surface area contributed by atoms with E-state index in [9.17, 15) is 0 Å². The number of H-pyrrole nitrogens is 1. The highest BCUT2D eigenvalue weighted by Crippen LogP contribution is 2.30. The lowest BCUT2D eigenvalue weighted by Crippen LogP contribution is -1.96. The van der Waals surface area contributed by atoms with Crippen molar-refractivity contribution in [3.63, 3.8) is 0 Å². The van der Waals surface area contributed by atoms with E-state index in [1.165, 1.54) is 0 Å². The van der Waals surface area contributed by atoms with Crippen molar-refractivity contribution in [2.24, 2.45) is 0 Å². The van der Waals surface area contributed by atoms with E-state index in [1.54, 1.807) is 7.11 Å². The number of halogens is 2. The molecule has 108 valence electrons. The van der Waals surface area contributed by atoms with Crippen molar-refractivity contribution < 1.29 is 4.74 Å². The number of hydrogen-bond donors (Lipinski definition) is 2. The van der Waals surface area contributed by atoms with E-state index in [0.29, 0.717) is 17.2 Å². The highest BCUT2D eigenvalue weighted by Gasteiger charge is 2.12. The SMILES string of the molecule is COc1cc(Cc2c[nH]c3nc(N)nc(Cl)c23)ccc1Br. The summed E-state index contributed by atoms with van der Waals surface area (Å²) in [7, 11) is 1.64. The number of nitrogen functional groups attached to an aromatic ring is 1. The summed E-state index contributed by atoms with van der Waals surface area (Å²) in [5, 5.41) is 1.16. The van der Waals surface area contributed by atoms with Crippen LogP contribution in [-0.2, 0) is 6.42 Å². The monoisotopic (exact) mass is 366 g/mol. The third kappa shape index (κ3) is 2.69. The Kier molecular flexibility index (Phi) is 3.73. The van der Waals surface area contributed by atoms with E-state index >= 15 is 0 Å². The van der Waals surface area contributed by atoms with Crippen molar-refractivity contribution in [2.75, 3.05) is 12.8 Å². The Morgan fingerprint density at radius 3 is 2.95 bits per heavy atom. The topological polar surface area (TPSA) is 76.8 Å². The standard InChI is InChI=1S/C14H12BrClN4O/c1-21-10-5-7(2-3-9(10)15)4-8-6-18-13-11(8)12(16)19-14(17)20-13/h2-3,5-6H,4H2,1H3,(H3,17,18,19,20). The Morgan fingerprint density at radius 2 is 2.19 bits per heavy atom. The number of hydrogen-bond acceptors (Lipinski definition) is 4. The van der Waals surface area contributed by atoms with Crippen LogP contribution >= 0.6 is 27.5 Å². The van der Waals surface area contributed by atoms with Crippen LogP contribution in [0.5, 0.6) is 5.75 Å². The first kappa shape index (κ1) is 14.2. The molecule has 5 nitrogen and oxygen atoms in total. The summed E-state index contributed by atoms with van der Waals surface area (Å²) in [6, 6.07) is 5.96. The molecule has 3 N–H and O–H groups in total. The third-order valence-corrected chi connectivity index (χ3v) is 4.13. The number of aromatic amines is 1. The van der Waals surface area contributed by atoms with Gasteiger partial charge in [-0.1, -0.05) is 17.7 Å². The summed E-state index contributed by atoms with van der Waals surface area (Å²) < 4.78 is 6.23. The van der Waals surface area contributed by atoms with Crippen molar-refractivity contribution in [1.82, 2.24) is 15.0 Å². The lowest BCUT2D eigenvalue weighted by molar-refractivity contribution is 0.411. The van der Waals surface area contributed by atoms with Crippen molar-refractivity contribution >= 4 is 44.5 Å². The molecule has 0 saturated heterocycles. The minimum atomic E-state index is 0.159. The number of methoxy groups -OCH3 is 1. The average molecular weight is 368 g/mol. The maximum atomic E-state index is 6.18. The van der Waals surface area contributed by atoms with Crippen molar-refractivity contribution in [3.8, 4) is 5.75 Å². The second kappa shape index (κ2) is 5.54. The average Bonchev–Trinajstić information content (AvgIpc) is 2.84. The number of nitrogens with zero attached hydrogens (tertiary/aromatic N) is 2. The van der Waals surface area contributed by atoms with Gasteiger partial charge in [-0.3, -0.25) is 0 Å². The van der Waals surface area contributed by atoms with Gasteiger partial charge >= 0.3 is 0 Å². The van der Waals surface area contributed by atoms with E-state index in [0.717, 1.165) is 26.7 Å². The number of ether oxygens (including phenoxy) is 1. The van der Waals surface area contributed by atoms with Crippen LogP contribution in [0.15, 0.2) is 28.9 Å². The molecular weight excluding hydrogens is 356 g/mol. The van der Waals surface area contributed by atoms with Gasteiger partial charge in [0.25, 0.3) is 0 Å². The first-order valence-electron chi connectivity index (χ1n) is 6.20. The Bertz CT molecular complexity index is 818. The van der Waals surface area contributed by atoms with Crippen LogP contribution in [0, 0.1) is 0 Å². The first-order valence-corrected chi connectivity index (χ1v) is 7.37. The molecule has 0 saturated carbocycles. The molecule has 0 atom stereocenters. The quantitative estimate of drug-likeness (QED) is 0.694. The highest BCUT2D eigenvalue weighted by molar-refractivity contribution is 9.10. The van der Waals surface area contributed by atoms with Gasteiger partial charge in [-0.2, -0.15) is 4.98 Å². The van der Waals surface area contributed by atoms with Crippen molar-refractivity contribution in [1.29, 1.82) is 0 Å². The molecule has 2 heterocycles. The Hall–Kier alpha value is -1.79. The molecule has 0 fully saturated rings. The van der Waals surface area contributed by atoms with Crippen LogP contribution in [-0.4, -0.2) is 22.1 Å². The zero-order valence-corrected chi connectivity index (χ0v) is 13.5. The number of anilines is 1. The largest absolute Gasteiger partial charge is 0.496 e. The summed E-state index contributed by atoms with van der Waals surface area (Å²) in [5.41, 5.74) is 8.35. The molecule has 3 aromatic rings. The molecule has 21 heavy (non-hydrogen) atoms. The van der Waals surface area contributed by atoms with Gasteiger partial charge in [-0.15, -0.1) is 0 Å². The lowest BCUT2D eigenvalue weighted by Gasteiger charge is -2.06. The van der Waals surface area contributed by atoms with Crippen LogP contribution in [0.4, 0.5) is 5.95 Å². The maximum Gasteiger partial charge on any atom is 0.223 e. The van der Waals surface area contributed by atoms with Gasteiger partial charge in [-0.25, -0.2) is 4.98 Å². The second-order valence-electron chi connectivity index (χ2n) is 4.56. The zero-order valence-electron chi connectivity index (χ0n) is 11.2. The predicted octanol–water partition coefficient (Wildman–Crippen LogP) is 3.56. The molecule has 0 aliphatic heterocycles. The number of nitrogens with one attached hydrogen (secondary N) is 1. The summed E-state index contributed by atoms with van der Waals surface area (Å²) in [4.78, 5) is 11.2. The van der Waals surface area contributed by atoms with Gasteiger partial charge in [-0.05, 0) is 45.6 Å². The van der Waals surface area contributed by atoms with Gasteiger partial charge in [0.1, 0.15) is 16.5 Å². The maximum absolute atomic E-state index is 6.18. The fourth-order valence-corrected chi connectivity index (χ4v) is 2.95. The molecule has 0 aliphatic rings. The van der Waals surface area contributed by atoms with Gasteiger partial charge in [0.2, 0.25) is 5.95 Å². The normalized spacial score (nSPS) is 11.0. The van der Waals surface area contributed by atoms with E-state index < -0.39 is 0 Å². The van der Waals surface area contributed by atoms with Gasteiger partial charge < -0.3 is 15.5 Å². The molecule has 0 spiro atoms. The minimum absolute atomic E-state index is 0.159. The number of rotatable bonds is 3. The number of fused-ring (bicyclic) bond motifs is 1. The van der Waals surface area contributed by atoms with Gasteiger partial charge in [0, 0.05) is 6.20 Å². The van der Waals surface area contributed by atoms with E-state index in [4.69, 9.17) is 22.1 Å². The molecule has 0 radical (unpaired) electrons. The summed E-state index contributed by atoms with van der Waals surface area (Å²) in [6.07, 6.45) is 2.57. The van der Waals surface area contributed by atoms with Crippen LogP contribution < -0.4 is 10.5 Å². The highest BCUT2D eigenvalue weighted by atomic mass is 79.9. The van der Waals surface area contributed by atoms with E-state index in [-0.39, 0.29) is 5.95 Å². The molecular formula is C14H12BrClN4O. The first-order chi connectivity index (χ1) is 10.1. The molecule has 7 heteroatoms. The number of aromatic nitrogens is 3. The van der Waals surface area contributed by atoms with Crippen LogP contribution in [0.2, 0.25) is 5.15 Å². The van der Waals surface area contributed by atoms with Crippen molar-refractivity contribution in [3.05, 3.63) is 45.1 Å². The van der Waals surface area contributed by atoms with Gasteiger partial charge in [0.15, 0.2) is 0 Å². The smallest absolute Gasteiger partial charge is 0.223 e. The van der Waals surface area contributed by atoms with Crippen LogP contribution in [0.25, 0.3) is 11.0 Å². The lowest BCUT2D eigenvalue weighted by atomic mass is 10.1. The fraction of sp³-hybridized carbons (Fsp3) is 0.143. The van der Waals surface area contributed by atoms with Crippen LogP contribution in [0.3, 0.4) is 0 Å². The number of benzene rings is 1. The summed E-state index contributed by atoms with van der Waals surface area (Å²) in [5.74, 6) is 0.949. The molecule has 2 aromatic heterocycles. The Labute approximate surface area is 134 Å². The summed E-state index contributed by atoms with van der Waals surface area (Å²) >= 11 is 9.62. The molecule has 1 aromatic carbocycles. The van der Waals surface area contributed by atoms with E-state index in [1.807, 2.05) is 24.4 Å². The van der Waals surface area contributed by atoms with Gasteiger partial charge in [0.05, 0.1) is 17.0 Å². The predicted molar refractivity (Wildman–Crippen MR) is 86.8 cm³/mol. The van der Waals surface area contributed by atoms with Crippen LogP contribution in [0.1, 0.15) is 11.1 Å². The Morgan fingerprint density at radius 1 is 1.38 bits per heavy atom. The molecule has 0 unspecified atom stereocenters. The summed E-state index contributed by atoms with van der Waals surface area (Å²) in [6.45, 7) is 0.